The van der Waals surface area contributed by atoms with E-state index < -0.39 is 11.5 Å². The van der Waals surface area contributed by atoms with Gasteiger partial charge in [-0.25, -0.2) is 4.98 Å². The number of nitrogens with one attached hydrogen (secondary N) is 1. The Bertz CT molecular complexity index is 1080. The van der Waals surface area contributed by atoms with Crippen LogP contribution in [0.4, 0.5) is 0 Å². The van der Waals surface area contributed by atoms with Crippen molar-refractivity contribution in [3.63, 3.8) is 0 Å². The summed E-state index contributed by atoms with van der Waals surface area (Å²) in [6.45, 7) is 1.22. The highest BCUT2D eigenvalue weighted by Crippen LogP contribution is 2.32. The highest BCUT2D eigenvalue weighted by Gasteiger charge is 2.29. The Labute approximate surface area is 154 Å². The molecule has 1 N–H and O–H groups in total. The molecule has 1 saturated carbocycles. The molecule has 8 heteroatoms. The Morgan fingerprint density at radius 1 is 1.37 bits per heavy atom. The summed E-state index contributed by atoms with van der Waals surface area (Å²) in [6.07, 6.45) is 3.51. The molecule has 140 valence electrons. The molecule has 0 saturated heterocycles. The summed E-state index contributed by atoms with van der Waals surface area (Å²) in [5.74, 6) is -0.519. The molecule has 8 nitrogen and oxygen atoms in total. The standard InChI is InChI=1S/C19H19N3O5/c1-11(12-6-7-12)21-15(23)9-26-16(24)8-22-10-20-17-13-4-2-3-5-14(13)27-18(17)19(22)25/h2-5,10-12H,6-9H2,1H3,(H,21,23). The minimum atomic E-state index is -0.691. The molecule has 2 heterocycles. The maximum atomic E-state index is 12.5. The first-order chi connectivity index (χ1) is 13.0. The molecule has 1 amide bonds. The lowest BCUT2D eigenvalue weighted by Crippen LogP contribution is -2.37. The Kier molecular flexibility index (Phi) is 4.39. The number of carbonyl (C=O) groups excluding carboxylic acids is 2. The van der Waals surface area contributed by atoms with E-state index in [1.807, 2.05) is 19.1 Å². The van der Waals surface area contributed by atoms with Crippen molar-refractivity contribution in [1.82, 2.24) is 14.9 Å². The van der Waals surface area contributed by atoms with Crippen LogP contribution in [0.1, 0.15) is 19.8 Å². The summed E-state index contributed by atoms with van der Waals surface area (Å²) >= 11 is 0. The average molecular weight is 369 g/mol. The second kappa shape index (κ2) is 6.86. The van der Waals surface area contributed by atoms with Crippen molar-refractivity contribution < 1.29 is 18.7 Å². The average Bonchev–Trinajstić information content (AvgIpc) is 3.44. The smallest absolute Gasteiger partial charge is 0.326 e. The fourth-order valence-corrected chi connectivity index (χ4v) is 3.07. The predicted octanol–water partition coefficient (Wildman–Crippen LogP) is 1.60. The molecule has 1 atom stereocenters. The summed E-state index contributed by atoms with van der Waals surface area (Å²) in [6, 6.07) is 7.27. The van der Waals surface area contributed by atoms with Crippen LogP contribution in [-0.4, -0.2) is 34.1 Å². The summed E-state index contributed by atoms with van der Waals surface area (Å²) in [4.78, 5) is 40.6. The van der Waals surface area contributed by atoms with Crippen LogP contribution >= 0.6 is 0 Å². The normalized spacial score (nSPS) is 15.0. The van der Waals surface area contributed by atoms with Gasteiger partial charge in [0, 0.05) is 11.4 Å². The molecule has 1 aliphatic carbocycles. The van der Waals surface area contributed by atoms with Gasteiger partial charge < -0.3 is 14.5 Å². The first kappa shape index (κ1) is 17.3. The van der Waals surface area contributed by atoms with Crippen LogP contribution in [-0.2, 0) is 20.9 Å². The number of amides is 1. The molecule has 3 aromatic rings. The number of hydrogen-bond donors (Lipinski definition) is 1. The highest BCUT2D eigenvalue weighted by atomic mass is 16.5. The summed E-state index contributed by atoms with van der Waals surface area (Å²) < 4.78 is 11.6. The van der Waals surface area contributed by atoms with Gasteiger partial charge in [-0.1, -0.05) is 12.1 Å². The van der Waals surface area contributed by atoms with E-state index >= 15 is 0 Å². The van der Waals surface area contributed by atoms with Crippen molar-refractivity contribution in [2.45, 2.75) is 32.4 Å². The van der Waals surface area contributed by atoms with Crippen LogP contribution in [0.15, 0.2) is 39.8 Å². The lowest BCUT2D eigenvalue weighted by molar-refractivity contribution is -0.149. The number of para-hydroxylation sites is 1. The Morgan fingerprint density at radius 2 is 2.15 bits per heavy atom. The van der Waals surface area contributed by atoms with Crippen molar-refractivity contribution in [1.29, 1.82) is 0 Å². The summed E-state index contributed by atoms with van der Waals surface area (Å²) in [5.41, 5.74) is 0.620. The van der Waals surface area contributed by atoms with Gasteiger partial charge in [0.05, 0.1) is 6.33 Å². The molecule has 4 rings (SSSR count). The van der Waals surface area contributed by atoms with Gasteiger partial charge in [0.15, 0.2) is 6.61 Å². The number of ether oxygens (including phenoxy) is 1. The third-order valence-corrected chi connectivity index (χ3v) is 4.73. The van der Waals surface area contributed by atoms with E-state index in [4.69, 9.17) is 9.15 Å². The van der Waals surface area contributed by atoms with Crippen LogP contribution in [0.2, 0.25) is 0 Å². The largest absolute Gasteiger partial charge is 0.454 e. The van der Waals surface area contributed by atoms with E-state index in [1.165, 1.54) is 6.33 Å². The van der Waals surface area contributed by atoms with Crippen LogP contribution in [0.25, 0.3) is 22.1 Å². The zero-order valence-electron chi connectivity index (χ0n) is 14.8. The summed E-state index contributed by atoms with van der Waals surface area (Å²) in [5, 5.41) is 3.54. The number of benzene rings is 1. The summed E-state index contributed by atoms with van der Waals surface area (Å²) in [7, 11) is 0. The Morgan fingerprint density at radius 3 is 2.93 bits per heavy atom. The number of carbonyl (C=O) groups is 2. The number of furan rings is 1. The molecule has 2 aromatic heterocycles. The van der Waals surface area contributed by atoms with Gasteiger partial charge in [-0.2, -0.15) is 0 Å². The maximum absolute atomic E-state index is 12.5. The molecule has 0 radical (unpaired) electrons. The lowest BCUT2D eigenvalue weighted by Gasteiger charge is -2.12. The van der Waals surface area contributed by atoms with Crippen molar-refractivity contribution in [2.75, 3.05) is 6.61 Å². The number of aromatic nitrogens is 2. The second-order valence-corrected chi connectivity index (χ2v) is 6.81. The fraction of sp³-hybridized carbons (Fsp3) is 0.368. The molecule has 27 heavy (non-hydrogen) atoms. The van der Waals surface area contributed by atoms with Crippen LogP contribution in [0, 0.1) is 5.92 Å². The third-order valence-electron chi connectivity index (χ3n) is 4.73. The van der Waals surface area contributed by atoms with E-state index in [2.05, 4.69) is 10.3 Å². The topological polar surface area (TPSA) is 103 Å². The van der Waals surface area contributed by atoms with E-state index in [-0.39, 0.29) is 30.7 Å². The SMILES string of the molecule is CC(NC(=O)COC(=O)Cn1cnc2c(oc3ccccc32)c1=O)C1CC1. The van der Waals surface area contributed by atoms with Crippen molar-refractivity contribution in [3.05, 3.63) is 40.9 Å². The maximum Gasteiger partial charge on any atom is 0.326 e. The number of esters is 1. The Balaban J connectivity index is 1.42. The molecule has 1 fully saturated rings. The van der Waals surface area contributed by atoms with Crippen molar-refractivity contribution >= 4 is 33.9 Å². The van der Waals surface area contributed by atoms with Gasteiger partial charge in [0.1, 0.15) is 17.6 Å². The molecular formula is C19H19N3O5. The molecule has 1 aromatic carbocycles. The van der Waals surface area contributed by atoms with Crippen LogP contribution in [0.3, 0.4) is 0 Å². The Hall–Kier alpha value is -3.16. The monoisotopic (exact) mass is 369 g/mol. The molecule has 0 bridgehead atoms. The van der Waals surface area contributed by atoms with Gasteiger partial charge in [-0.05, 0) is 37.8 Å². The lowest BCUT2D eigenvalue weighted by atomic mass is 10.2. The molecule has 0 aliphatic heterocycles. The van der Waals surface area contributed by atoms with Gasteiger partial charge in [-0.3, -0.25) is 19.0 Å². The molecule has 0 spiro atoms. The molecular weight excluding hydrogens is 350 g/mol. The van der Waals surface area contributed by atoms with Crippen molar-refractivity contribution in [3.8, 4) is 0 Å². The number of nitrogens with zero attached hydrogens (tertiary/aromatic N) is 2. The zero-order chi connectivity index (χ0) is 19.0. The third kappa shape index (κ3) is 3.55. The zero-order valence-corrected chi connectivity index (χ0v) is 14.8. The highest BCUT2D eigenvalue weighted by molar-refractivity contribution is 6.01. The minimum Gasteiger partial charge on any atom is -0.454 e. The molecule has 1 aliphatic rings. The number of hydrogen-bond acceptors (Lipinski definition) is 6. The van der Waals surface area contributed by atoms with Gasteiger partial charge >= 0.3 is 5.97 Å². The van der Waals surface area contributed by atoms with Gasteiger partial charge in [-0.15, -0.1) is 0 Å². The fourth-order valence-electron chi connectivity index (χ4n) is 3.07. The van der Waals surface area contributed by atoms with E-state index in [1.54, 1.807) is 12.1 Å². The second-order valence-electron chi connectivity index (χ2n) is 6.81. The first-order valence-electron chi connectivity index (χ1n) is 8.84. The van der Waals surface area contributed by atoms with E-state index in [0.29, 0.717) is 17.0 Å². The predicted molar refractivity (Wildman–Crippen MR) is 97.1 cm³/mol. The number of fused-ring (bicyclic) bond motifs is 3. The van der Waals surface area contributed by atoms with E-state index in [9.17, 15) is 14.4 Å². The number of rotatable bonds is 6. The van der Waals surface area contributed by atoms with E-state index in [0.717, 1.165) is 22.8 Å². The quantitative estimate of drug-likeness (QED) is 0.662. The first-order valence-corrected chi connectivity index (χ1v) is 8.84. The molecule has 1 unspecified atom stereocenters. The van der Waals surface area contributed by atoms with Gasteiger partial charge in [0.25, 0.3) is 11.5 Å². The minimum absolute atomic E-state index is 0.0820. The van der Waals surface area contributed by atoms with Crippen LogP contribution < -0.4 is 10.9 Å². The van der Waals surface area contributed by atoms with Crippen molar-refractivity contribution in [2.24, 2.45) is 5.92 Å². The van der Waals surface area contributed by atoms with Crippen LogP contribution in [0.5, 0.6) is 0 Å². The van der Waals surface area contributed by atoms with Gasteiger partial charge in [0.2, 0.25) is 5.58 Å².